The highest BCUT2D eigenvalue weighted by Gasteiger charge is 2.49. The fourth-order valence-corrected chi connectivity index (χ4v) is 1.90. The van der Waals surface area contributed by atoms with Crippen molar-refractivity contribution in [3.8, 4) is 0 Å². The van der Waals surface area contributed by atoms with Gasteiger partial charge in [-0.15, -0.1) is 0 Å². The van der Waals surface area contributed by atoms with Gasteiger partial charge in [0.25, 0.3) is 0 Å². The molecule has 1 heterocycles. The van der Waals surface area contributed by atoms with Gasteiger partial charge in [-0.05, 0) is 39.5 Å². The zero-order chi connectivity index (χ0) is 11.5. The summed E-state index contributed by atoms with van der Waals surface area (Å²) >= 11 is 0. The quantitative estimate of drug-likeness (QED) is 0.606. The van der Waals surface area contributed by atoms with Gasteiger partial charge in [0.05, 0.1) is 17.8 Å². The molecule has 4 unspecified atom stereocenters. The third-order valence-electron chi connectivity index (χ3n) is 3.71. The molecule has 0 radical (unpaired) electrons. The minimum Gasteiger partial charge on any atom is -0.378 e. The summed E-state index contributed by atoms with van der Waals surface area (Å²) in [6.45, 7) is 11.8. The van der Waals surface area contributed by atoms with Gasteiger partial charge in [0.15, 0.2) is 0 Å². The third kappa shape index (κ3) is 3.76. The standard InChI is InChI=1S/C13H26O2/c1-6-10(3)14-9-12(7-2)8-13(5)11(4)15-13/h10-12H,6-9H2,1-5H3. The summed E-state index contributed by atoms with van der Waals surface area (Å²) in [6.07, 6.45) is 4.25. The molecule has 0 amide bonds. The van der Waals surface area contributed by atoms with Crippen LogP contribution in [-0.4, -0.2) is 24.4 Å². The van der Waals surface area contributed by atoms with Crippen LogP contribution in [0.25, 0.3) is 0 Å². The minimum atomic E-state index is 0.138. The topological polar surface area (TPSA) is 21.8 Å². The van der Waals surface area contributed by atoms with Crippen LogP contribution < -0.4 is 0 Å². The lowest BCUT2D eigenvalue weighted by Gasteiger charge is -2.20. The molecule has 1 rings (SSSR count). The molecule has 90 valence electrons. The summed E-state index contributed by atoms with van der Waals surface area (Å²) in [5, 5.41) is 0. The summed E-state index contributed by atoms with van der Waals surface area (Å²) in [7, 11) is 0. The molecule has 4 atom stereocenters. The molecule has 0 aromatic heterocycles. The largest absolute Gasteiger partial charge is 0.378 e. The Hall–Kier alpha value is -0.0800. The van der Waals surface area contributed by atoms with Gasteiger partial charge in [-0.2, -0.15) is 0 Å². The number of hydrogen-bond acceptors (Lipinski definition) is 2. The van der Waals surface area contributed by atoms with Gasteiger partial charge in [0.1, 0.15) is 0 Å². The van der Waals surface area contributed by atoms with Crippen LogP contribution in [0.15, 0.2) is 0 Å². The molecule has 15 heavy (non-hydrogen) atoms. The van der Waals surface area contributed by atoms with E-state index in [0.717, 1.165) is 19.4 Å². The highest BCUT2D eigenvalue weighted by atomic mass is 16.6. The van der Waals surface area contributed by atoms with Crippen LogP contribution in [0.1, 0.15) is 53.9 Å². The number of epoxide rings is 1. The molecule has 0 aromatic carbocycles. The second-order valence-electron chi connectivity index (χ2n) is 5.10. The van der Waals surface area contributed by atoms with Crippen molar-refractivity contribution < 1.29 is 9.47 Å². The molecule has 2 heteroatoms. The van der Waals surface area contributed by atoms with Gasteiger partial charge in [-0.1, -0.05) is 20.3 Å². The van der Waals surface area contributed by atoms with Crippen molar-refractivity contribution in [1.82, 2.24) is 0 Å². The molecular formula is C13H26O2. The van der Waals surface area contributed by atoms with Gasteiger partial charge >= 0.3 is 0 Å². The molecule has 0 saturated carbocycles. The second kappa shape index (κ2) is 5.31. The molecule has 0 spiro atoms. The number of hydrogen-bond donors (Lipinski definition) is 0. The van der Waals surface area contributed by atoms with Crippen LogP contribution in [-0.2, 0) is 9.47 Å². The average molecular weight is 214 g/mol. The Morgan fingerprint density at radius 1 is 1.33 bits per heavy atom. The highest BCUT2D eigenvalue weighted by molar-refractivity contribution is 4.97. The van der Waals surface area contributed by atoms with Gasteiger partial charge in [-0.3, -0.25) is 0 Å². The lowest BCUT2D eigenvalue weighted by atomic mass is 9.92. The summed E-state index contributed by atoms with van der Waals surface area (Å²) in [6, 6.07) is 0. The van der Waals surface area contributed by atoms with E-state index in [1.807, 2.05) is 0 Å². The smallest absolute Gasteiger partial charge is 0.0921 e. The van der Waals surface area contributed by atoms with E-state index in [1.54, 1.807) is 0 Å². The maximum atomic E-state index is 5.80. The SMILES string of the molecule is CCC(COC(C)CC)CC1(C)OC1C. The van der Waals surface area contributed by atoms with Crippen molar-refractivity contribution in [2.24, 2.45) is 5.92 Å². The van der Waals surface area contributed by atoms with Crippen molar-refractivity contribution in [1.29, 1.82) is 0 Å². The van der Waals surface area contributed by atoms with Crippen LogP contribution >= 0.6 is 0 Å². The Kier molecular flexibility index (Phi) is 4.60. The Morgan fingerprint density at radius 3 is 2.33 bits per heavy atom. The lowest BCUT2D eigenvalue weighted by molar-refractivity contribution is 0.0298. The zero-order valence-electron chi connectivity index (χ0n) is 10.9. The van der Waals surface area contributed by atoms with Crippen molar-refractivity contribution in [2.45, 2.75) is 71.7 Å². The van der Waals surface area contributed by atoms with Gasteiger partial charge in [-0.25, -0.2) is 0 Å². The van der Waals surface area contributed by atoms with E-state index in [-0.39, 0.29) is 5.60 Å². The summed E-state index contributed by atoms with van der Waals surface area (Å²) < 4.78 is 11.4. The molecule has 0 bridgehead atoms. The first kappa shape index (κ1) is 13.0. The van der Waals surface area contributed by atoms with E-state index in [1.165, 1.54) is 6.42 Å². The molecule has 0 aromatic rings. The maximum Gasteiger partial charge on any atom is 0.0921 e. The average Bonchev–Trinajstić information content (AvgIpc) is 2.80. The fraction of sp³-hybridized carbons (Fsp3) is 1.00. The Bertz CT molecular complexity index is 193. The van der Waals surface area contributed by atoms with Crippen molar-refractivity contribution in [2.75, 3.05) is 6.61 Å². The molecule has 1 fully saturated rings. The van der Waals surface area contributed by atoms with Gasteiger partial charge in [0.2, 0.25) is 0 Å². The van der Waals surface area contributed by atoms with Crippen molar-refractivity contribution in [3.63, 3.8) is 0 Å². The maximum absolute atomic E-state index is 5.80. The van der Waals surface area contributed by atoms with Gasteiger partial charge < -0.3 is 9.47 Å². The fourth-order valence-electron chi connectivity index (χ4n) is 1.90. The molecule has 1 saturated heterocycles. The van der Waals surface area contributed by atoms with Crippen LogP contribution in [0.3, 0.4) is 0 Å². The molecule has 1 aliphatic rings. The Morgan fingerprint density at radius 2 is 1.93 bits per heavy atom. The van der Waals surface area contributed by atoms with Gasteiger partial charge in [0, 0.05) is 6.61 Å². The summed E-state index contributed by atoms with van der Waals surface area (Å²) in [4.78, 5) is 0. The first-order valence-corrected chi connectivity index (χ1v) is 6.31. The normalized spacial score (nSPS) is 33.8. The van der Waals surface area contributed by atoms with Crippen LogP contribution in [0, 0.1) is 5.92 Å². The van der Waals surface area contributed by atoms with Crippen LogP contribution in [0.4, 0.5) is 0 Å². The van der Waals surface area contributed by atoms with E-state index in [2.05, 4.69) is 34.6 Å². The monoisotopic (exact) mass is 214 g/mol. The van der Waals surface area contributed by atoms with Crippen molar-refractivity contribution >= 4 is 0 Å². The lowest BCUT2D eigenvalue weighted by Crippen LogP contribution is -2.21. The highest BCUT2D eigenvalue weighted by Crippen LogP contribution is 2.41. The molecular weight excluding hydrogens is 188 g/mol. The van der Waals surface area contributed by atoms with E-state index in [0.29, 0.717) is 18.1 Å². The zero-order valence-corrected chi connectivity index (χ0v) is 10.9. The first-order valence-electron chi connectivity index (χ1n) is 6.31. The first-order chi connectivity index (χ1) is 7.01. The minimum absolute atomic E-state index is 0.138. The molecule has 2 nitrogen and oxygen atoms in total. The molecule has 0 aliphatic carbocycles. The van der Waals surface area contributed by atoms with E-state index in [4.69, 9.17) is 9.47 Å². The predicted octanol–water partition coefficient (Wildman–Crippen LogP) is 3.40. The van der Waals surface area contributed by atoms with Crippen LogP contribution in [0.2, 0.25) is 0 Å². The second-order valence-corrected chi connectivity index (χ2v) is 5.10. The predicted molar refractivity (Wildman–Crippen MR) is 63.1 cm³/mol. The third-order valence-corrected chi connectivity index (χ3v) is 3.71. The molecule has 0 N–H and O–H groups in total. The van der Waals surface area contributed by atoms with Crippen molar-refractivity contribution in [3.05, 3.63) is 0 Å². The van der Waals surface area contributed by atoms with E-state index < -0.39 is 0 Å². The van der Waals surface area contributed by atoms with E-state index >= 15 is 0 Å². The summed E-state index contributed by atoms with van der Waals surface area (Å²) in [5.74, 6) is 0.647. The number of ether oxygens (including phenoxy) is 2. The Labute approximate surface area is 94.3 Å². The van der Waals surface area contributed by atoms with E-state index in [9.17, 15) is 0 Å². The molecule has 1 aliphatic heterocycles. The number of rotatable bonds is 7. The van der Waals surface area contributed by atoms with Crippen LogP contribution in [0.5, 0.6) is 0 Å². The Balaban J connectivity index is 2.24. The summed E-state index contributed by atoms with van der Waals surface area (Å²) in [5.41, 5.74) is 0.138.